The third kappa shape index (κ3) is 5.79. The predicted molar refractivity (Wildman–Crippen MR) is 89.1 cm³/mol. The van der Waals surface area contributed by atoms with Gasteiger partial charge in [-0.25, -0.2) is 9.97 Å². The number of carbonyl (C=O) groups is 1. The Morgan fingerprint density at radius 1 is 1.13 bits per heavy atom. The number of aromatic nitrogens is 2. The van der Waals surface area contributed by atoms with Gasteiger partial charge >= 0.3 is 5.97 Å². The molecule has 0 saturated heterocycles. The molecule has 0 fully saturated rings. The minimum Gasteiger partial charge on any atom is -0.480 e. The number of aryl methyl sites for hydroxylation is 2. The van der Waals surface area contributed by atoms with Gasteiger partial charge < -0.3 is 10.4 Å². The van der Waals surface area contributed by atoms with E-state index in [9.17, 15) is 4.79 Å². The number of carboxylic acids is 1. The summed E-state index contributed by atoms with van der Waals surface area (Å²) in [6.07, 6.45) is 6.70. The van der Waals surface area contributed by atoms with Gasteiger partial charge in [0.2, 0.25) is 0 Å². The van der Waals surface area contributed by atoms with Gasteiger partial charge in [0.25, 0.3) is 0 Å². The quantitative estimate of drug-likeness (QED) is 0.744. The number of benzene rings is 1. The molecule has 2 N–H and O–H groups in total. The fourth-order valence-electron chi connectivity index (χ4n) is 2.35. The van der Waals surface area contributed by atoms with Crippen LogP contribution in [0.1, 0.15) is 36.7 Å². The first kappa shape index (κ1) is 17.1. The van der Waals surface area contributed by atoms with Crippen LogP contribution in [0.4, 0.5) is 0 Å². The van der Waals surface area contributed by atoms with Gasteiger partial charge in [-0.15, -0.1) is 0 Å². The van der Waals surface area contributed by atoms with Crippen LogP contribution in [0.3, 0.4) is 0 Å². The fourth-order valence-corrected chi connectivity index (χ4v) is 2.35. The molecule has 1 atom stereocenters. The SMILES string of the molecule is CCC[C@H](NCc1cnc(CCc2ccccc2)nc1)C(=O)O. The molecule has 0 spiro atoms. The summed E-state index contributed by atoms with van der Waals surface area (Å²) >= 11 is 0. The van der Waals surface area contributed by atoms with Crippen LogP contribution in [-0.4, -0.2) is 27.1 Å². The van der Waals surface area contributed by atoms with Crippen LogP contribution in [0.2, 0.25) is 0 Å². The number of nitrogens with one attached hydrogen (secondary N) is 1. The minimum absolute atomic E-state index is 0.468. The van der Waals surface area contributed by atoms with Crippen molar-refractivity contribution in [2.24, 2.45) is 0 Å². The van der Waals surface area contributed by atoms with E-state index in [1.807, 2.05) is 25.1 Å². The summed E-state index contributed by atoms with van der Waals surface area (Å²) in [5.41, 5.74) is 2.17. The molecule has 1 aromatic heterocycles. The summed E-state index contributed by atoms with van der Waals surface area (Å²) in [5.74, 6) is -0.00630. The van der Waals surface area contributed by atoms with Crippen molar-refractivity contribution in [1.82, 2.24) is 15.3 Å². The molecule has 2 aromatic rings. The van der Waals surface area contributed by atoms with E-state index in [0.29, 0.717) is 13.0 Å². The molecule has 5 nitrogen and oxygen atoms in total. The Balaban J connectivity index is 1.83. The fraction of sp³-hybridized carbons (Fsp3) is 0.389. The Labute approximate surface area is 136 Å². The summed E-state index contributed by atoms with van der Waals surface area (Å²) in [6, 6.07) is 9.74. The zero-order valence-corrected chi connectivity index (χ0v) is 13.4. The molecule has 0 saturated carbocycles. The summed E-state index contributed by atoms with van der Waals surface area (Å²) in [7, 11) is 0. The first-order valence-electron chi connectivity index (χ1n) is 7.99. The largest absolute Gasteiger partial charge is 0.480 e. The highest BCUT2D eigenvalue weighted by Crippen LogP contribution is 2.05. The number of carboxylic acid groups (broad SMARTS) is 1. The molecule has 1 aromatic carbocycles. The lowest BCUT2D eigenvalue weighted by molar-refractivity contribution is -0.139. The van der Waals surface area contributed by atoms with E-state index in [1.54, 1.807) is 12.4 Å². The van der Waals surface area contributed by atoms with Gasteiger partial charge in [-0.3, -0.25) is 4.79 Å². The van der Waals surface area contributed by atoms with E-state index in [0.717, 1.165) is 30.7 Å². The standard InChI is InChI=1S/C18H23N3O2/c1-2-6-16(18(22)23)19-11-15-12-20-17(21-13-15)10-9-14-7-4-3-5-8-14/h3-5,7-8,12-13,16,19H,2,6,9-11H2,1H3,(H,22,23)/t16-/m0/s1. The average molecular weight is 313 g/mol. The van der Waals surface area contributed by atoms with Crippen molar-refractivity contribution in [1.29, 1.82) is 0 Å². The Bertz CT molecular complexity index is 599. The minimum atomic E-state index is -0.813. The molecule has 122 valence electrons. The molecule has 23 heavy (non-hydrogen) atoms. The highest BCUT2D eigenvalue weighted by Gasteiger charge is 2.15. The topological polar surface area (TPSA) is 75.1 Å². The zero-order valence-electron chi connectivity index (χ0n) is 13.4. The van der Waals surface area contributed by atoms with E-state index in [4.69, 9.17) is 5.11 Å². The van der Waals surface area contributed by atoms with Gasteiger partial charge in [-0.05, 0) is 18.4 Å². The first-order chi connectivity index (χ1) is 11.2. The molecule has 0 unspecified atom stereocenters. The monoisotopic (exact) mass is 313 g/mol. The van der Waals surface area contributed by atoms with E-state index in [-0.39, 0.29) is 0 Å². The Morgan fingerprint density at radius 3 is 2.43 bits per heavy atom. The molecule has 0 aliphatic rings. The van der Waals surface area contributed by atoms with Crippen LogP contribution in [0, 0.1) is 0 Å². The van der Waals surface area contributed by atoms with Crippen molar-refractivity contribution in [3.63, 3.8) is 0 Å². The second kappa shape index (κ2) is 9.00. The smallest absolute Gasteiger partial charge is 0.320 e. The molecule has 5 heteroatoms. The molecule has 0 aliphatic heterocycles. The van der Waals surface area contributed by atoms with Crippen molar-refractivity contribution in [3.05, 3.63) is 59.7 Å². The third-order valence-corrected chi connectivity index (χ3v) is 3.67. The molecular formula is C18H23N3O2. The zero-order chi connectivity index (χ0) is 16.5. The van der Waals surface area contributed by atoms with Crippen LogP contribution in [0.25, 0.3) is 0 Å². The summed E-state index contributed by atoms with van der Waals surface area (Å²) in [4.78, 5) is 19.8. The van der Waals surface area contributed by atoms with Crippen LogP contribution >= 0.6 is 0 Å². The average Bonchev–Trinajstić information content (AvgIpc) is 2.58. The molecule has 0 amide bonds. The van der Waals surface area contributed by atoms with E-state index >= 15 is 0 Å². The number of nitrogens with zero attached hydrogens (tertiary/aromatic N) is 2. The summed E-state index contributed by atoms with van der Waals surface area (Å²) < 4.78 is 0. The summed E-state index contributed by atoms with van der Waals surface area (Å²) in [6.45, 7) is 2.44. The maximum Gasteiger partial charge on any atom is 0.320 e. The van der Waals surface area contributed by atoms with Gasteiger partial charge in [0.15, 0.2) is 0 Å². The second-order valence-electron chi connectivity index (χ2n) is 5.55. The van der Waals surface area contributed by atoms with Crippen molar-refractivity contribution in [2.75, 3.05) is 0 Å². The van der Waals surface area contributed by atoms with Crippen molar-refractivity contribution in [2.45, 2.75) is 45.2 Å². The van der Waals surface area contributed by atoms with Crippen molar-refractivity contribution < 1.29 is 9.90 Å². The molecule has 0 radical (unpaired) electrons. The number of hydrogen-bond donors (Lipinski definition) is 2. The van der Waals surface area contributed by atoms with Gasteiger partial charge in [0.05, 0.1) is 0 Å². The molecule has 1 heterocycles. The highest BCUT2D eigenvalue weighted by molar-refractivity contribution is 5.73. The van der Waals surface area contributed by atoms with Gasteiger partial charge in [0, 0.05) is 30.9 Å². The Morgan fingerprint density at radius 2 is 1.83 bits per heavy atom. The van der Waals surface area contributed by atoms with Gasteiger partial charge in [0.1, 0.15) is 11.9 Å². The Kier molecular flexibility index (Phi) is 6.69. The van der Waals surface area contributed by atoms with E-state index in [1.165, 1.54) is 5.56 Å². The van der Waals surface area contributed by atoms with Gasteiger partial charge in [-0.1, -0.05) is 43.7 Å². The van der Waals surface area contributed by atoms with E-state index in [2.05, 4.69) is 27.4 Å². The van der Waals surface area contributed by atoms with Crippen molar-refractivity contribution >= 4 is 5.97 Å². The van der Waals surface area contributed by atoms with E-state index < -0.39 is 12.0 Å². The molecule has 0 bridgehead atoms. The summed E-state index contributed by atoms with van der Waals surface area (Å²) in [5, 5.41) is 12.1. The first-order valence-corrected chi connectivity index (χ1v) is 7.99. The maximum absolute atomic E-state index is 11.1. The van der Waals surface area contributed by atoms with Gasteiger partial charge in [-0.2, -0.15) is 0 Å². The maximum atomic E-state index is 11.1. The highest BCUT2D eigenvalue weighted by atomic mass is 16.4. The van der Waals surface area contributed by atoms with Crippen LogP contribution in [-0.2, 0) is 24.2 Å². The second-order valence-corrected chi connectivity index (χ2v) is 5.55. The number of rotatable bonds is 9. The van der Waals surface area contributed by atoms with Crippen LogP contribution < -0.4 is 5.32 Å². The molecule has 2 rings (SSSR count). The molecular weight excluding hydrogens is 290 g/mol. The van der Waals surface area contributed by atoms with Crippen molar-refractivity contribution in [3.8, 4) is 0 Å². The normalized spacial score (nSPS) is 12.0. The number of hydrogen-bond acceptors (Lipinski definition) is 4. The predicted octanol–water partition coefficient (Wildman–Crippen LogP) is 2.60. The van der Waals surface area contributed by atoms with Crippen LogP contribution in [0.5, 0.6) is 0 Å². The lowest BCUT2D eigenvalue weighted by atomic mass is 10.1. The lowest BCUT2D eigenvalue weighted by Gasteiger charge is -2.13. The lowest BCUT2D eigenvalue weighted by Crippen LogP contribution is -2.36. The number of aliphatic carboxylic acids is 1. The Hall–Kier alpha value is -2.27. The van der Waals surface area contributed by atoms with Crippen LogP contribution in [0.15, 0.2) is 42.7 Å². The molecule has 0 aliphatic carbocycles. The third-order valence-electron chi connectivity index (χ3n) is 3.67.